The van der Waals surface area contributed by atoms with Crippen LogP contribution < -0.4 is 4.74 Å². The zero-order valence-electron chi connectivity index (χ0n) is 13.2. The lowest BCUT2D eigenvalue weighted by atomic mass is 9.98. The molecule has 0 amide bonds. The minimum absolute atomic E-state index is 0.617. The zero-order valence-corrected chi connectivity index (χ0v) is 13.2. The molecule has 0 saturated carbocycles. The number of nitrogens with zero attached hydrogens (tertiary/aromatic N) is 3. The van der Waals surface area contributed by atoms with E-state index in [2.05, 4.69) is 21.0 Å². The van der Waals surface area contributed by atoms with E-state index in [1.807, 2.05) is 48.7 Å². The summed E-state index contributed by atoms with van der Waals surface area (Å²) in [5, 5.41) is 1.09. The number of ether oxygens (including phenoxy) is 1. The maximum absolute atomic E-state index is 5.39. The molecule has 3 heterocycles. The Morgan fingerprint density at radius 3 is 2.46 bits per heavy atom. The third kappa shape index (κ3) is 2.48. The van der Waals surface area contributed by atoms with Crippen molar-refractivity contribution in [2.45, 2.75) is 0 Å². The zero-order chi connectivity index (χ0) is 16.4. The first-order valence-corrected chi connectivity index (χ1v) is 7.65. The van der Waals surface area contributed by atoms with Gasteiger partial charge in [0.05, 0.1) is 12.6 Å². The molecule has 0 fully saturated rings. The molecule has 1 aromatic carbocycles. The van der Waals surface area contributed by atoms with Gasteiger partial charge in [-0.25, -0.2) is 4.98 Å². The highest BCUT2D eigenvalue weighted by Crippen LogP contribution is 2.33. The molecule has 4 heteroatoms. The molecular weight excluding hydrogens is 298 g/mol. The second-order valence-electron chi connectivity index (χ2n) is 5.39. The topological polar surface area (TPSA) is 47.9 Å². The molecule has 4 nitrogen and oxygen atoms in total. The van der Waals surface area contributed by atoms with Gasteiger partial charge in [0.15, 0.2) is 0 Å². The first-order chi connectivity index (χ1) is 11.9. The molecule has 0 unspecified atom stereocenters. The van der Waals surface area contributed by atoms with Crippen molar-refractivity contribution in [1.82, 2.24) is 15.0 Å². The Labute approximate surface area is 139 Å². The van der Waals surface area contributed by atoms with E-state index in [-0.39, 0.29) is 0 Å². The third-order valence-corrected chi connectivity index (χ3v) is 4.01. The first-order valence-electron chi connectivity index (χ1n) is 7.65. The minimum Gasteiger partial charge on any atom is -0.481 e. The van der Waals surface area contributed by atoms with E-state index in [0.717, 1.165) is 33.2 Å². The Balaban J connectivity index is 1.95. The van der Waals surface area contributed by atoms with Crippen LogP contribution >= 0.6 is 0 Å². The second kappa shape index (κ2) is 6.08. The average Bonchev–Trinajstić information content (AvgIpc) is 2.67. The molecule has 0 bridgehead atoms. The number of pyridine rings is 3. The van der Waals surface area contributed by atoms with Crippen molar-refractivity contribution < 1.29 is 4.74 Å². The Hall–Kier alpha value is -3.27. The number of methoxy groups -OCH3 is 1. The van der Waals surface area contributed by atoms with Crippen molar-refractivity contribution in [3.05, 3.63) is 73.3 Å². The van der Waals surface area contributed by atoms with Crippen molar-refractivity contribution in [1.29, 1.82) is 0 Å². The van der Waals surface area contributed by atoms with Crippen molar-refractivity contribution in [2.75, 3.05) is 7.11 Å². The molecule has 116 valence electrons. The monoisotopic (exact) mass is 313 g/mol. The summed E-state index contributed by atoms with van der Waals surface area (Å²) in [5.41, 5.74) is 5.22. The molecule has 0 aliphatic carbocycles. The summed E-state index contributed by atoms with van der Waals surface area (Å²) in [6.45, 7) is 0. The molecule has 4 rings (SSSR count). The Kier molecular flexibility index (Phi) is 3.63. The molecule has 24 heavy (non-hydrogen) atoms. The van der Waals surface area contributed by atoms with Crippen LogP contribution in [0.5, 0.6) is 5.88 Å². The molecular formula is C20H15N3O. The summed E-state index contributed by atoms with van der Waals surface area (Å²) >= 11 is 0. The molecule has 0 radical (unpaired) electrons. The van der Waals surface area contributed by atoms with Crippen molar-refractivity contribution in [3.8, 4) is 28.1 Å². The Morgan fingerprint density at radius 2 is 1.62 bits per heavy atom. The number of aromatic nitrogens is 3. The largest absolute Gasteiger partial charge is 0.481 e. The van der Waals surface area contributed by atoms with Crippen LogP contribution in [-0.2, 0) is 0 Å². The minimum atomic E-state index is 0.617. The van der Waals surface area contributed by atoms with Gasteiger partial charge in [0.1, 0.15) is 0 Å². The lowest BCUT2D eigenvalue weighted by Crippen LogP contribution is -1.91. The van der Waals surface area contributed by atoms with Gasteiger partial charge in [-0.05, 0) is 59.2 Å². The number of rotatable bonds is 3. The van der Waals surface area contributed by atoms with Crippen molar-refractivity contribution in [2.24, 2.45) is 0 Å². The van der Waals surface area contributed by atoms with E-state index in [0.29, 0.717) is 5.88 Å². The highest BCUT2D eigenvalue weighted by molar-refractivity contribution is 5.97. The molecule has 3 aromatic heterocycles. The van der Waals surface area contributed by atoms with Gasteiger partial charge in [-0.15, -0.1) is 0 Å². The standard InChI is InChI=1S/C20H15N3O/c1-24-20-17(3-2-9-23-20)15-4-5-19-18(13-15)16(8-12-22-19)14-6-10-21-11-7-14/h2-13H,1H3. The molecule has 0 aliphatic heterocycles. The normalized spacial score (nSPS) is 10.7. The fourth-order valence-electron chi connectivity index (χ4n) is 2.87. The van der Waals surface area contributed by atoms with Crippen LogP contribution in [0.15, 0.2) is 73.3 Å². The SMILES string of the molecule is COc1ncccc1-c1ccc2nccc(-c3ccncc3)c2c1. The van der Waals surface area contributed by atoms with Gasteiger partial charge in [0, 0.05) is 35.7 Å². The summed E-state index contributed by atoms with van der Waals surface area (Å²) in [6.07, 6.45) is 7.17. The number of hydrogen-bond acceptors (Lipinski definition) is 4. The van der Waals surface area contributed by atoms with Crippen LogP contribution in [0.25, 0.3) is 33.2 Å². The summed E-state index contributed by atoms with van der Waals surface area (Å²) in [4.78, 5) is 12.9. The molecule has 0 spiro atoms. The van der Waals surface area contributed by atoms with Gasteiger partial charge in [0.2, 0.25) is 5.88 Å². The van der Waals surface area contributed by atoms with Crippen LogP contribution in [0, 0.1) is 0 Å². The summed E-state index contributed by atoms with van der Waals surface area (Å²) in [7, 11) is 1.64. The van der Waals surface area contributed by atoms with E-state index in [4.69, 9.17) is 4.74 Å². The highest BCUT2D eigenvalue weighted by Gasteiger charge is 2.10. The number of hydrogen-bond donors (Lipinski definition) is 0. The second-order valence-corrected chi connectivity index (χ2v) is 5.39. The van der Waals surface area contributed by atoms with E-state index >= 15 is 0 Å². The highest BCUT2D eigenvalue weighted by atomic mass is 16.5. The van der Waals surface area contributed by atoms with Crippen LogP contribution in [0.1, 0.15) is 0 Å². The third-order valence-electron chi connectivity index (χ3n) is 4.01. The summed E-state index contributed by atoms with van der Waals surface area (Å²) < 4.78 is 5.39. The van der Waals surface area contributed by atoms with E-state index < -0.39 is 0 Å². The van der Waals surface area contributed by atoms with Crippen LogP contribution in [-0.4, -0.2) is 22.1 Å². The fourth-order valence-corrected chi connectivity index (χ4v) is 2.87. The lowest BCUT2D eigenvalue weighted by molar-refractivity contribution is 0.399. The maximum Gasteiger partial charge on any atom is 0.221 e. The maximum atomic E-state index is 5.39. The fraction of sp³-hybridized carbons (Fsp3) is 0.0500. The van der Waals surface area contributed by atoms with Crippen molar-refractivity contribution in [3.63, 3.8) is 0 Å². The summed E-state index contributed by atoms with van der Waals surface area (Å²) in [6, 6.07) is 16.2. The predicted molar refractivity (Wildman–Crippen MR) is 94.8 cm³/mol. The molecule has 0 aliphatic rings. The van der Waals surface area contributed by atoms with Gasteiger partial charge >= 0.3 is 0 Å². The Morgan fingerprint density at radius 1 is 0.750 bits per heavy atom. The van der Waals surface area contributed by atoms with Crippen LogP contribution in [0.4, 0.5) is 0 Å². The summed E-state index contributed by atoms with van der Waals surface area (Å²) in [5.74, 6) is 0.617. The molecule has 0 saturated heterocycles. The molecule has 4 aromatic rings. The van der Waals surface area contributed by atoms with E-state index in [1.54, 1.807) is 25.7 Å². The molecule has 0 atom stereocenters. The van der Waals surface area contributed by atoms with Gasteiger partial charge in [-0.1, -0.05) is 6.07 Å². The van der Waals surface area contributed by atoms with E-state index in [1.165, 1.54) is 0 Å². The average molecular weight is 313 g/mol. The van der Waals surface area contributed by atoms with Crippen LogP contribution in [0.3, 0.4) is 0 Å². The van der Waals surface area contributed by atoms with Crippen molar-refractivity contribution >= 4 is 10.9 Å². The van der Waals surface area contributed by atoms with Crippen LogP contribution in [0.2, 0.25) is 0 Å². The first kappa shape index (κ1) is 14.3. The number of benzene rings is 1. The smallest absolute Gasteiger partial charge is 0.221 e. The molecule has 0 N–H and O–H groups in total. The quantitative estimate of drug-likeness (QED) is 0.563. The van der Waals surface area contributed by atoms with Gasteiger partial charge in [-0.3, -0.25) is 9.97 Å². The van der Waals surface area contributed by atoms with Gasteiger partial charge < -0.3 is 4.74 Å². The van der Waals surface area contributed by atoms with Gasteiger partial charge in [0.25, 0.3) is 0 Å². The van der Waals surface area contributed by atoms with E-state index in [9.17, 15) is 0 Å². The Bertz CT molecular complexity index is 1000. The lowest BCUT2D eigenvalue weighted by Gasteiger charge is -2.10. The predicted octanol–water partition coefficient (Wildman–Crippen LogP) is 4.37. The number of fused-ring (bicyclic) bond motifs is 1. The van der Waals surface area contributed by atoms with Gasteiger partial charge in [-0.2, -0.15) is 0 Å².